The van der Waals surface area contributed by atoms with Gasteiger partial charge in [0.05, 0.1) is 0 Å². The Morgan fingerprint density at radius 1 is 1.36 bits per heavy atom. The minimum absolute atomic E-state index is 0.673. The molecule has 0 radical (unpaired) electrons. The topological polar surface area (TPSA) is 29.3 Å². The van der Waals surface area contributed by atoms with E-state index < -0.39 is 0 Å². The lowest BCUT2D eigenvalue weighted by molar-refractivity contribution is 0.136. The van der Waals surface area contributed by atoms with Gasteiger partial charge in [-0.3, -0.25) is 4.90 Å². The molecule has 0 aromatic carbocycles. The maximum absolute atomic E-state index is 5.66. The van der Waals surface area contributed by atoms with Gasteiger partial charge in [0.25, 0.3) is 0 Å². The van der Waals surface area contributed by atoms with E-state index in [0.717, 1.165) is 18.9 Å². The molecule has 2 N–H and O–H groups in total. The van der Waals surface area contributed by atoms with Crippen molar-refractivity contribution < 1.29 is 0 Å². The van der Waals surface area contributed by atoms with Gasteiger partial charge in [0.2, 0.25) is 0 Å². The Balaban J connectivity index is 2.43. The van der Waals surface area contributed by atoms with Crippen LogP contribution in [-0.4, -0.2) is 30.1 Å². The summed E-state index contributed by atoms with van der Waals surface area (Å²) >= 11 is 0. The van der Waals surface area contributed by atoms with Crippen molar-refractivity contribution in [3.63, 3.8) is 0 Å². The van der Waals surface area contributed by atoms with Gasteiger partial charge in [0.15, 0.2) is 0 Å². The average molecular weight is 198 g/mol. The van der Waals surface area contributed by atoms with Crippen molar-refractivity contribution in [3.8, 4) is 0 Å². The second-order valence-corrected chi connectivity index (χ2v) is 4.87. The summed E-state index contributed by atoms with van der Waals surface area (Å²) in [5.41, 5.74) is 5.66. The molecule has 2 heteroatoms. The first-order valence-corrected chi connectivity index (χ1v) is 6.14. The summed E-state index contributed by atoms with van der Waals surface area (Å²) in [5.74, 6) is 0.990. The molecule has 0 heterocycles. The molecule has 14 heavy (non-hydrogen) atoms. The molecule has 0 spiro atoms. The number of nitrogens with zero attached hydrogens (tertiary/aromatic N) is 1. The monoisotopic (exact) mass is 198 g/mol. The summed E-state index contributed by atoms with van der Waals surface area (Å²) < 4.78 is 0. The van der Waals surface area contributed by atoms with Gasteiger partial charge in [-0.05, 0) is 52.0 Å². The fourth-order valence-electron chi connectivity index (χ4n) is 2.18. The standard InChI is InChI=1S/C12H26N2/c1-4-12(7-8-13)14(10(2)3)9-11-5-6-11/h10-12H,4-9,13H2,1-3H3. The third-order valence-corrected chi connectivity index (χ3v) is 3.27. The highest BCUT2D eigenvalue weighted by Gasteiger charge is 2.28. The molecule has 1 atom stereocenters. The van der Waals surface area contributed by atoms with Crippen LogP contribution in [0.5, 0.6) is 0 Å². The molecule has 0 bridgehead atoms. The first-order chi connectivity index (χ1) is 6.69. The van der Waals surface area contributed by atoms with Gasteiger partial charge in [0, 0.05) is 18.6 Å². The molecule has 1 rings (SSSR count). The van der Waals surface area contributed by atoms with Crippen LogP contribution in [0.3, 0.4) is 0 Å². The van der Waals surface area contributed by atoms with Crippen LogP contribution in [0.25, 0.3) is 0 Å². The maximum Gasteiger partial charge on any atom is 0.0107 e. The van der Waals surface area contributed by atoms with Gasteiger partial charge in [-0.2, -0.15) is 0 Å². The zero-order valence-corrected chi connectivity index (χ0v) is 10.00. The van der Waals surface area contributed by atoms with Crippen molar-refractivity contribution in [3.05, 3.63) is 0 Å². The highest BCUT2D eigenvalue weighted by Crippen LogP contribution is 2.31. The summed E-state index contributed by atoms with van der Waals surface area (Å²) in [6.45, 7) is 9.02. The van der Waals surface area contributed by atoms with Gasteiger partial charge in [0.1, 0.15) is 0 Å². The molecule has 1 aliphatic rings. The minimum atomic E-state index is 0.673. The molecule has 1 unspecified atom stereocenters. The highest BCUT2D eigenvalue weighted by atomic mass is 15.2. The molecule has 0 saturated heterocycles. The summed E-state index contributed by atoms with van der Waals surface area (Å²) in [7, 11) is 0. The quantitative estimate of drug-likeness (QED) is 0.680. The summed E-state index contributed by atoms with van der Waals surface area (Å²) in [6, 6.07) is 1.38. The maximum atomic E-state index is 5.66. The van der Waals surface area contributed by atoms with Crippen molar-refractivity contribution in [2.75, 3.05) is 13.1 Å². The van der Waals surface area contributed by atoms with Crippen molar-refractivity contribution in [2.24, 2.45) is 11.7 Å². The molecule has 0 amide bonds. The van der Waals surface area contributed by atoms with E-state index in [1.807, 2.05) is 0 Å². The van der Waals surface area contributed by atoms with Crippen LogP contribution < -0.4 is 5.73 Å². The number of hydrogen-bond acceptors (Lipinski definition) is 2. The van der Waals surface area contributed by atoms with E-state index in [1.54, 1.807) is 0 Å². The second kappa shape index (κ2) is 5.72. The van der Waals surface area contributed by atoms with Crippen LogP contribution in [0.4, 0.5) is 0 Å². The van der Waals surface area contributed by atoms with Crippen LogP contribution in [-0.2, 0) is 0 Å². The lowest BCUT2D eigenvalue weighted by atomic mass is 10.1. The molecule has 1 fully saturated rings. The van der Waals surface area contributed by atoms with E-state index in [0.29, 0.717) is 12.1 Å². The van der Waals surface area contributed by atoms with Gasteiger partial charge >= 0.3 is 0 Å². The Kier molecular flexibility index (Phi) is 4.90. The zero-order chi connectivity index (χ0) is 10.6. The van der Waals surface area contributed by atoms with Crippen molar-refractivity contribution in [1.82, 2.24) is 4.90 Å². The normalized spacial score (nSPS) is 19.3. The largest absolute Gasteiger partial charge is 0.330 e. The summed E-state index contributed by atoms with van der Waals surface area (Å²) in [6.07, 6.45) is 5.29. The Morgan fingerprint density at radius 2 is 2.00 bits per heavy atom. The molecule has 0 aromatic rings. The van der Waals surface area contributed by atoms with Crippen molar-refractivity contribution in [1.29, 1.82) is 0 Å². The van der Waals surface area contributed by atoms with E-state index >= 15 is 0 Å². The highest BCUT2D eigenvalue weighted by molar-refractivity contribution is 4.82. The Hall–Kier alpha value is -0.0800. The Labute approximate surface area is 88.8 Å². The number of nitrogens with two attached hydrogens (primary N) is 1. The summed E-state index contributed by atoms with van der Waals surface area (Å²) in [5, 5.41) is 0. The molecular weight excluding hydrogens is 172 g/mol. The first kappa shape index (κ1) is 12.0. The SMILES string of the molecule is CCC(CCN)N(CC1CC1)C(C)C. The Morgan fingerprint density at radius 3 is 2.36 bits per heavy atom. The molecule has 2 nitrogen and oxygen atoms in total. The third kappa shape index (κ3) is 3.58. The van der Waals surface area contributed by atoms with Gasteiger partial charge in [-0.1, -0.05) is 6.92 Å². The Bertz CT molecular complexity index is 152. The van der Waals surface area contributed by atoms with Gasteiger partial charge in [-0.25, -0.2) is 0 Å². The number of hydrogen-bond donors (Lipinski definition) is 1. The molecule has 0 aliphatic heterocycles. The number of rotatable bonds is 7. The zero-order valence-electron chi connectivity index (χ0n) is 10.00. The average Bonchev–Trinajstić information content (AvgIpc) is 2.94. The van der Waals surface area contributed by atoms with E-state index in [-0.39, 0.29) is 0 Å². The second-order valence-electron chi connectivity index (χ2n) is 4.87. The lowest BCUT2D eigenvalue weighted by Gasteiger charge is -2.34. The van der Waals surface area contributed by atoms with Crippen LogP contribution in [0.1, 0.15) is 46.5 Å². The lowest BCUT2D eigenvalue weighted by Crippen LogP contribution is -2.42. The van der Waals surface area contributed by atoms with Crippen molar-refractivity contribution >= 4 is 0 Å². The van der Waals surface area contributed by atoms with E-state index in [2.05, 4.69) is 25.7 Å². The van der Waals surface area contributed by atoms with Gasteiger partial charge < -0.3 is 5.73 Å². The predicted octanol–water partition coefficient (Wildman–Crippen LogP) is 2.23. The van der Waals surface area contributed by atoms with Crippen LogP contribution >= 0.6 is 0 Å². The molecular formula is C12H26N2. The third-order valence-electron chi connectivity index (χ3n) is 3.27. The fraction of sp³-hybridized carbons (Fsp3) is 1.00. The van der Waals surface area contributed by atoms with Crippen LogP contribution in [0.15, 0.2) is 0 Å². The van der Waals surface area contributed by atoms with E-state index in [9.17, 15) is 0 Å². The van der Waals surface area contributed by atoms with Crippen molar-refractivity contribution in [2.45, 2.75) is 58.5 Å². The summed E-state index contributed by atoms with van der Waals surface area (Å²) in [4.78, 5) is 2.66. The van der Waals surface area contributed by atoms with Crippen LogP contribution in [0, 0.1) is 5.92 Å². The minimum Gasteiger partial charge on any atom is -0.330 e. The molecule has 0 aromatic heterocycles. The van der Waals surface area contributed by atoms with E-state index in [4.69, 9.17) is 5.73 Å². The van der Waals surface area contributed by atoms with E-state index in [1.165, 1.54) is 25.8 Å². The molecule has 1 aliphatic carbocycles. The van der Waals surface area contributed by atoms with Gasteiger partial charge in [-0.15, -0.1) is 0 Å². The fourth-order valence-corrected chi connectivity index (χ4v) is 2.18. The van der Waals surface area contributed by atoms with Crippen LogP contribution in [0.2, 0.25) is 0 Å². The predicted molar refractivity (Wildman–Crippen MR) is 62.3 cm³/mol. The first-order valence-electron chi connectivity index (χ1n) is 6.14. The molecule has 84 valence electrons. The smallest absolute Gasteiger partial charge is 0.0107 e. The molecule has 1 saturated carbocycles.